The summed E-state index contributed by atoms with van der Waals surface area (Å²) < 4.78 is 11.6. The Morgan fingerprint density at radius 2 is 1.94 bits per heavy atom. The summed E-state index contributed by atoms with van der Waals surface area (Å²) in [6.45, 7) is 5.60. The fourth-order valence-corrected chi connectivity index (χ4v) is 5.17. The zero-order valence-electron chi connectivity index (χ0n) is 19.1. The molecule has 1 unspecified atom stereocenters. The minimum absolute atomic E-state index is 0.00914. The van der Waals surface area contributed by atoms with Crippen molar-refractivity contribution >= 4 is 23.2 Å². The standard InChI is InChI=1S/C25H32N2O4S/c1-17(2)25(29)26(14-18-8-9-18)15-24(28)27-12-10-23-19(11-13-32-23)20(27)16-31-22-7-5-4-6-21(22)30-3/h4-7,11,13,17-18,20H,8-10,12,14-16H2,1-3H3. The van der Waals surface area contributed by atoms with Gasteiger partial charge in [-0.05, 0) is 54.3 Å². The number of para-hydroxylation sites is 2. The molecule has 7 heteroatoms. The first-order valence-electron chi connectivity index (χ1n) is 11.4. The number of nitrogens with zero attached hydrogens (tertiary/aromatic N) is 2. The van der Waals surface area contributed by atoms with Crippen LogP contribution in [0, 0.1) is 11.8 Å². The number of amides is 2. The quantitative estimate of drug-likeness (QED) is 0.569. The molecule has 32 heavy (non-hydrogen) atoms. The molecule has 1 saturated carbocycles. The van der Waals surface area contributed by atoms with E-state index in [4.69, 9.17) is 9.47 Å². The average Bonchev–Trinajstić information content (AvgIpc) is 3.48. The van der Waals surface area contributed by atoms with E-state index in [1.165, 1.54) is 4.88 Å². The van der Waals surface area contributed by atoms with Crippen LogP contribution in [0.25, 0.3) is 0 Å². The summed E-state index contributed by atoms with van der Waals surface area (Å²) in [5.41, 5.74) is 1.15. The van der Waals surface area contributed by atoms with Gasteiger partial charge in [0.15, 0.2) is 11.5 Å². The van der Waals surface area contributed by atoms with Gasteiger partial charge in [0.1, 0.15) is 6.61 Å². The summed E-state index contributed by atoms with van der Waals surface area (Å²) in [7, 11) is 1.62. The van der Waals surface area contributed by atoms with E-state index in [9.17, 15) is 9.59 Å². The molecule has 2 aliphatic rings. The van der Waals surface area contributed by atoms with Crippen LogP contribution in [-0.4, -0.2) is 55.0 Å². The Morgan fingerprint density at radius 1 is 1.19 bits per heavy atom. The molecule has 172 valence electrons. The van der Waals surface area contributed by atoms with Gasteiger partial charge in [0.05, 0.1) is 19.7 Å². The lowest BCUT2D eigenvalue weighted by Crippen LogP contribution is -2.49. The molecule has 1 aromatic heterocycles. The van der Waals surface area contributed by atoms with Gasteiger partial charge in [-0.3, -0.25) is 9.59 Å². The maximum Gasteiger partial charge on any atom is 0.242 e. The van der Waals surface area contributed by atoms with Crippen molar-refractivity contribution in [3.63, 3.8) is 0 Å². The van der Waals surface area contributed by atoms with Gasteiger partial charge in [-0.25, -0.2) is 0 Å². The van der Waals surface area contributed by atoms with Gasteiger partial charge in [-0.1, -0.05) is 26.0 Å². The number of rotatable bonds is 9. The molecule has 2 heterocycles. The molecule has 0 spiro atoms. The highest BCUT2D eigenvalue weighted by Crippen LogP contribution is 2.36. The summed E-state index contributed by atoms with van der Waals surface area (Å²) in [5.74, 6) is 1.81. The van der Waals surface area contributed by atoms with E-state index in [0.717, 1.165) is 24.8 Å². The Hall–Kier alpha value is -2.54. The second-order valence-corrected chi connectivity index (χ2v) is 9.93. The number of fused-ring (bicyclic) bond motifs is 1. The SMILES string of the molecule is COc1ccccc1OCC1c2ccsc2CCN1C(=O)CN(CC1CC1)C(=O)C(C)C. The van der Waals surface area contributed by atoms with E-state index in [0.29, 0.717) is 37.1 Å². The first kappa shape index (κ1) is 22.6. The first-order valence-corrected chi connectivity index (χ1v) is 12.3. The number of hydrogen-bond donors (Lipinski definition) is 0. The van der Waals surface area contributed by atoms with Crippen molar-refractivity contribution < 1.29 is 19.1 Å². The van der Waals surface area contributed by atoms with Crippen LogP contribution in [0.15, 0.2) is 35.7 Å². The predicted molar refractivity (Wildman–Crippen MR) is 125 cm³/mol. The number of carbonyl (C=O) groups is 2. The lowest BCUT2D eigenvalue weighted by Gasteiger charge is -2.37. The van der Waals surface area contributed by atoms with Crippen molar-refractivity contribution in [3.05, 3.63) is 46.2 Å². The van der Waals surface area contributed by atoms with E-state index in [-0.39, 0.29) is 30.3 Å². The Labute approximate surface area is 194 Å². The summed E-state index contributed by atoms with van der Waals surface area (Å²) in [6.07, 6.45) is 3.13. The number of benzene rings is 1. The van der Waals surface area contributed by atoms with Crippen LogP contribution in [0.1, 0.15) is 43.2 Å². The number of hydrogen-bond acceptors (Lipinski definition) is 5. The lowest BCUT2D eigenvalue weighted by atomic mass is 10.00. The van der Waals surface area contributed by atoms with Gasteiger partial charge in [-0.2, -0.15) is 0 Å². The molecular formula is C25H32N2O4S. The smallest absolute Gasteiger partial charge is 0.242 e. The minimum Gasteiger partial charge on any atom is -0.493 e. The van der Waals surface area contributed by atoms with Crippen LogP contribution in [0.5, 0.6) is 11.5 Å². The maximum atomic E-state index is 13.5. The van der Waals surface area contributed by atoms with Crippen LogP contribution in [0.4, 0.5) is 0 Å². The van der Waals surface area contributed by atoms with Gasteiger partial charge < -0.3 is 19.3 Å². The van der Waals surface area contributed by atoms with Gasteiger partial charge >= 0.3 is 0 Å². The van der Waals surface area contributed by atoms with Crippen LogP contribution in [-0.2, 0) is 16.0 Å². The van der Waals surface area contributed by atoms with E-state index in [2.05, 4.69) is 11.4 Å². The molecule has 1 atom stereocenters. The second-order valence-electron chi connectivity index (χ2n) is 8.93. The molecule has 4 rings (SSSR count). The van der Waals surface area contributed by atoms with Gasteiger partial charge in [0.2, 0.25) is 11.8 Å². The summed E-state index contributed by atoms with van der Waals surface area (Å²) >= 11 is 1.73. The topological polar surface area (TPSA) is 59.1 Å². The zero-order valence-corrected chi connectivity index (χ0v) is 19.9. The van der Waals surface area contributed by atoms with Crippen molar-refractivity contribution in [2.45, 2.75) is 39.2 Å². The normalized spacial score (nSPS) is 17.8. The van der Waals surface area contributed by atoms with E-state index < -0.39 is 0 Å². The molecule has 6 nitrogen and oxygen atoms in total. The van der Waals surface area contributed by atoms with Crippen molar-refractivity contribution in [1.82, 2.24) is 9.80 Å². The average molecular weight is 457 g/mol. The monoisotopic (exact) mass is 456 g/mol. The molecule has 1 aliphatic carbocycles. The van der Waals surface area contributed by atoms with Gasteiger partial charge in [0, 0.05) is 23.9 Å². The maximum absolute atomic E-state index is 13.5. The zero-order chi connectivity index (χ0) is 22.7. The summed E-state index contributed by atoms with van der Waals surface area (Å²) in [4.78, 5) is 31.2. The third-order valence-corrected chi connectivity index (χ3v) is 7.18. The Morgan fingerprint density at radius 3 is 2.62 bits per heavy atom. The highest BCUT2D eigenvalue weighted by molar-refractivity contribution is 7.10. The van der Waals surface area contributed by atoms with E-state index >= 15 is 0 Å². The summed E-state index contributed by atoms with van der Waals surface area (Å²) in [6, 6.07) is 9.46. The number of thiophene rings is 1. The highest BCUT2D eigenvalue weighted by Gasteiger charge is 2.35. The molecule has 2 aromatic rings. The Bertz CT molecular complexity index is 953. The molecule has 1 aliphatic heterocycles. The third kappa shape index (κ3) is 5.09. The van der Waals surface area contributed by atoms with Crippen molar-refractivity contribution in [2.24, 2.45) is 11.8 Å². The molecular weight excluding hydrogens is 424 g/mol. The van der Waals surface area contributed by atoms with Crippen LogP contribution >= 0.6 is 11.3 Å². The minimum atomic E-state index is -0.181. The highest BCUT2D eigenvalue weighted by atomic mass is 32.1. The fraction of sp³-hybridized carbons (Fsp3) is 0.520. The largest absolute Gasteiger partial charge is 0.493 e. The predicted octanol–water partition coefficient (Wildman–Crippen LogP) is 4.16. The van der Waals surface area contributed by atoms with E-state index in [1.54, 1.807) is 23.3 Å². The second kappa shape index (κ2) is 9.94. The number of ether oxygens (including phenoxy) is 2. The summed E-state index contributed by atoms with van der Waals surface area (Å²) in [5, 5.41) is 2.08. The van der Waals surface area contributed by atoms with Crippen LogP contribution in [0.3, 0.4) is 0 Å². The number of carbonyl (C=O) groups excluding carboxylic acids is 2. The first-order chi connectivity index (χ1) is 15.5. The Kier molecular flexibility index (Phi) is 7.04. The molecule has 0 bridgehead atoms. The van der Waals surface area contributed by atoms with Gasteiger partial charge in [0.25, 0.3) is 0 Å². The van der Waals surface area contributed by atoms with E-state index in [1.807, 2.05) is 43.0 Å². The molecule has 0 saturated heterocycles. The molecule has 1 fully saturated rings. The van der Waals surface area contributed by atoms with Crippen molar-refractivity contribution in [1.29, 1.82) is 0 Å². The number of methoxy groups -OCH3 is 1. The molecule has 2 amide bonds. The fourth-order valence-electron chi connectivity index (χ4n) is 4.25. The van der Waals surface area contributed by atoms with Crippen LogP contribution in [0.2, 0.25) is 0 Å². The molecule has 0 N–H and O–H groups in total. The molecule has 0 radical (unpaired) electrons. The Balaban J connectivity index is 1.51. The van der Waals surface area contributed by atoms with Crippen LogP contribution < -0.4 is 9.47 Å². The lowest BCUT2D eigenvalue weighted by molar-refractivity contribution is -0.144. The van der Waals surface area contributed by atoms with Gasteiger partial charge in [-0.15, -0.1) is 11.3 Å². The van der Waals surface area contributed by atoms with Crippen molar-refractivity contribution in [3.8, 4) is 11.5 Å². The van der Waals surface area contributed by atoms with Crippen molar-refractivity contribution in [2.75, 3.05) is 33.4 Å². The third-order valence-electron chi connectivity index (χ3n) is 6.19. The molecule has 1 aromatic carbocycles.